The summed E-state index contributed by atoms with van der Waals surface area (Å²) in [5, 5.41) is 11.7. The van der Waals surface area contributed by atoms with E-state index in [1.165, 1.54) is 12.1 Å². The van der Waals surface area contributed by atoms with Crippen LogP contribution in [0, 0.1) is 0 Å². The summed E-state index contributed by atoms with van der Waals surface area (Å²) in [5.41, 5.74) is 0.334. The summed E-state index contributed by atoms with van der Waals surface area (Å²) in [6.07, 6.45) is 0. The Morgan fingerprint density at radius 3 is 2.57 bits per heavy atom. The van der Waals surface area contributed by atoms with Gasteiger partial charge in [0.2, 0.25) is 0 Å². The number of anilines is 1. The van der Waals surface area contributed by atoms with Crippen molar-refractivity contribution in [2.75, 3.05) is 12.4 Å². The Balaban J connectivity index is 3.11. The number of hydrogen-bond acceptors (Lipinski definition) is 5. The molecule has 1 aromatic rings. The van der Waals surface area contributed by atoms with Crippen molar-refractivity contribution in [3.05, 3.63) is 18.2 Å². The van der Waals surface area contributed by atoms with E-state index in [0.717, 1.165) is 6.07 Å². The molecule has 78 valence electrons. The van der Waals surface area contributed by atoms with Gasteiger partial charge in [0.15, 0.2) is 5.75 Å². The van der Waals surface area contributed by atoms with Gasteiger partial charge in [-0.3, -0.25) is 4.55 Å². The Morgan fingerprint density at radius 2 is 2.07 bits per heavy atom. The van der Waals surface area contributed by atoms with Crippen LogP contribution in [0.25, 0.3) is 0 Å². The van der Waals surface area contributed by atoms with Crippen LogP contribution in [0.4, 0.5) is 5.69 Å². The molecule has 0 aliphatic heterocycles. The molecule has 0 heterocycles. The molecule has 1 rings (SSSR count). The molecule has 0 spiro atoms. The molecule has 0 unspecified atom stereocenters. The predicted octanol–water partition coefficient (Wildman–Crippen LogP) is 0.616. The third-order valence-corrected chi connectivity index (χ3v) is 1.82. The molecule has 0 aromatic heterocycles. The van der Waals surface area contributed by atoms with Crippen LogP contribution >= 0.6 is 0 Å². The Hall–Kier alpha value is -1.47. The molecule has 0 saturated carbocycles. The van der Waals surface area contributed by atoms with E-state index in [1.54, 1.807) is 7.05 Å². The van der Waals surface area contributed by atoms with E-state index in [9.17, 15) is 8.42 Å². The Labute approximate surface area is 81.1 Å². The zero-order valence-electron chi connectivity index (χ0n) is 7.26. The summed E-state index contributed by atoms with van der Waals surface area (Å²) in [6.45, 7) is 0. The Kier molecular flexibility index (Phi) is 2.82. The van der Waals surface area contributed by atoms with Crippen molar-refractivity contribution in [1.82, 2.24) is 0 Å². The Morgan fingerprint density at radius 1 is 1.43 bits per heavy atom. The van der Waals surface area contributed by atoms with E-state index in [2.05, 4.69) is 9.50 Å². The molecule has 0 amide bonds. The Bertz CT molecular complexity index is 428. The molecule has 1 aromatic carbocycles. The molecular formula is C7H9NO5S. The molecule has 0 atom stereocenters. The van der Waals surface area contributed by atoms with Crippen LogP contribution < -0.4 is 9.50 Å². The number of benzene rings is 1. The van der Waals surface area contributed by atoms with Crippen LogP contribution in [-0.2, 0) is 10.4 Å². The third kappa shape index (κ3) is 2.79. The zero-order valence-corrected chi connectivity index (χ0v) is 8.08. The minimum atomic E-state index is -4.58. The van der Waals surface area contributed by atoms with Crippen molar-refractivity contribution in [3.8, 4) is 11.5 Å². The first-order chi connectivity index (χ1) is 6.42. The maximum Gasteiger partial charge on any atom is 0.446 e. The fraction of sp³-hybridized carbons (Fsp3) is 0.143. The van der Waals surface area contributed by atoms with Crippen LogP contribution in [0.5, 0.6) is 11.5 Å². The first kappa shape index (κ1) is 10.6. The summed E-state index contributed by atoms with van der Waals surface area (Å²) >= 11 is 0. The van der Waals surface area contributed by atoms with Crippen molar-refractivity contribution in [3.63, 3.8) is 0 Å². The van der Waals surface area contributed by atoms with Gasteiger partial charge in [-0.1, -0.05) is 0 Å². The number of aromatic hydroxyl groups is 1. The largest absolute Gasteiger partial charge is 0.508 e. The number of phenols is 1. The molecule has 14 heavy (non-hydrogen) atoms. The zero-order chi connectivity index (χ0) is 10.8. The fourth-order valence-electron chi connectivity index (χ4n) is 0.900. The second-order valence-corrected chi connectivity index (χ2v) is 3.46. The maximum absolute atomic E-state index is 10.4. The van der Waals surface area contributed by atoms with Crippen molar-refractivity contribution in [2.24, 2.45) is 0 Å². The van der Waals surface area contributed by atoms with Crippen LogP contribution in [0.2, 0.25) is 0 Å². The SMILES string of the molecule is CNc1ccc(O)cc1OS(=O)(=O)O. The third-order valence-electron chi connectivity index (χ3n) is 1.43. The van der Waals surface area contributed by atoms with E-state index >= 15 is 0 Å². The quantitative estimate of drug-likeness (QED) is 0.509. The lowest BCUT2D eigenvalue weighted by molar-refractivity contribution is 0.386. The summed E-state index contributed by atoms with van der Waals surface area (Å²) in [5.74, 6) is -0.336. The highest BCUT2D eigenvalue weighted by Crippen LogP contribution is 2.29. The van der Waals surface area contributed by atoms with E-state index in [-0.39, 0.29) is 11.5 Å². The van der Waals surface area contributed by atoms with Gasteiger partial charge in [0.05, 0.1) is 5.69 Å². The van der Waals surface area contributed by atoms with Gasteiger partial charge < -0.3 is 14.6 Å². The van der Waals surface area contributed by atoms with Gasteiger partial charge in [0.25, 0.3) is 0 Å². The molecular weight excluding hydrogens is 210 g/mol. The van der Waals surface area contributed by atoms with Crippen molar-refractivity contribution in [2.45, 2.75) is 0 Å². The summed E-state index contributed by atoms with van der Waals surface area (Å²) in [6, 6.07) is 3.83. The minimum Gasteiger partial charge on any atom is -0.508 e. The van der Waals surface area contributed by atoms with Crippen LogP contribution in [-0.4, -0.2) is 25.1 Å². The lowest BCUT2D eigenvalue weighted by Crippen LogP contribution is -2.08. The highest BCUT2D eigenvalue weighted by molar-refractivity contribution is 7.81. The van der Waals surface area contributed by atoms with Gasteiger partial charge in [-0.25, -0.2) is 0 Å². The van der Waals surface area contributed by atoms with Gasteiger partial charge in [-0.05, 0) is 12.1 Å². The molecule has 3 N–H and O–H groups in total. The van der Waals surface area contributed by atoms with E-state index in [4.69, 9.17) is 9.66 Å². The van der Waals surface area contributed by atoms with Gasteiger partial charge in [0.1, 0.15) is 5.75 Å². The standard InChI is InChI=1S/C7H9NO5S/c1-8-6-3-2-5(9)4-7(6)13-14(10,11)12/h2-4,8-9H,1H3,(H,10,11,12). The minimum absolute atomic E-state index is 0.164. The van der Waals surface area contributed by atoms with Crippen LogP contribution in [0.15, 0.2) is 18.2 Å². The van der Waals surface area contributed by atoms with Crippen LogP contribution in [0.1, 0.15) is 0 Å². The van der Waals surface area contributed by atoms with Gasteiger partial charge in [0, 0.05) is 13.1 Å². The molecule has 0 saturated heterocycles. The summed E-state index contributed by atoms with van der Waals surface area (Å²) in [7, 11) is -3.03. The fourth-order valence-corrected chi connectivity index (χ4v) is 1.26. The first-order valence-electron chi connectivity index (χ1n) is 3.60. The van der Waals surface area contributed by atoms with E-state index in [1.807, 2.05) is 0 Å². The lowest BCUT2D eigenvalue weighted by atomic mass is 10.3. The second-order valence-electron chi connectivity index (χ2n) is 2.44. The molecule has 0 fully saturated rings. The van der Waals surface area contributed by atoms with E-state index < -0.39 is 10.4 Å². The summed E-state index contributed by atoms with van der Waals surface area (Å²) in [4.78, 5) is 0. The van der Waals surface area contributed by atoms with Gasteiger partial charge >= 0.3 is 10.4 Å². The predicted molar refractivity (Wildman–Crippen MR) is 49.8 cm³/mol. The average molecular weight is 219 g/mol. The van der Waals surface area contributed by atoms with Crippen molar-refractivity contribution < 1.29 is 22.3 Å². The van der Waals surface area contributed by atoms with Crippen LogP contribution in [0.3, 0.4) is 0 Å². The lowest BCUT2D eigenvalue weighted by Gasteiger charge is -2.07. The average Bonchev–Trinajstić information content (AvgIpc) is 2.01. The van der Waals surface area contributed by atoms with Gasteiger partial charge in [-0.15, -0.1) is 0 Å². The van der Waals surface area contributed by atoms with Crippen molar-refractivity contribution in [1.29, 1.82) is 0 Å². The molecule has 0 aliphatic rings. The topological polar surface area (TPSA) is 95.9 Å². The monoisotopic (exact) mass is 219 g/mol. The molecule has 0 radical (unpaired) electrons. The normalized spacial score (nSPS) is 11.0. The molecule has 7 heteroatoms. The number of phenolic OH excluding ortho intramolecular Hbond substituents is 1. The maximum atomic E-state index is 10.4. The smallest absolute Gasteiger partial charge is 0.446 e. The van der Waals surface area contributed by atoms with E-state index in [0.29, 0.717) is 5.69 Å². The number of hydrogen-bond donors (Lipinski definition) is 3. The highest BCUT2D eigenvalue weighted by Gasteiger charge is 2.11. The highest BCUT2D eigenvalue weighted by atomic mass is 32.3. The van der Waals surface area contributed by atoms with Gasteiger partial charge in [-0.2, -0.15) is 8.42 Å². The van der Waals surface area contributed by atoms with Crippen molar-refractivity contribution >= 4 is 16.1 Å². The second kappa shape index (κ2) is 3.72. The molecule has 0 aliphatic carbocycles. The summed E-state index contributed by atoms with van der Waals surface area (Å²) < 4.78 is 33.4. The number of rotatable bonds is 3. The molecule has 0 bridgehead atoms. The molecule has 6 nitrogen and oxygen atoms in total. The first-order valence-corrected chi connectivity index (χ1v) is 4.96. The number of nitrogens with one attached hydrogen (secondary N) is 1.